The van der Waals surface area contributed by atoms with Gasteiger partial charge < -0.3 is 9.47 Å². The van der Waals surface area contributed by atoms with Crippen molar-refractivity contribution in [1.82, 2.24) is 0 Å². The second-order valence-electron chi connectivity index (χ2n) is 5.91. The summed E-state index contributed by atoms with van der Waals surface area (Å²) in [5.74, 6) is -2.12. The van der Waals surface area contributed by atoms with E-state index in [1.54, 1.807) is 13.8 Å². The number of carbonyl (C=O) groups excluding carboxylic acids is 2. The molecule has 0 fully saturated rings. The maximum atomic E-state index is 13.0. The van der Waals surface area contributed by atoms with Gasteiger partial charge in [0.05, 0.1) is 20.1 Å². The summed E-state index contributed by atoms with van der Waals surface area (Å²) in [4.78, 5) is 26.0. The number of rotatable bonds is 6. The van der Waals surface area contributed by atoms with Crippen LogP contribution in [0.4, 0.5) is 0 Å². The molecule has 29 heavy (non-hydrogen) atoms. The maximum Gasteiger partial charge on any atom is 0.328 e. The van der Waals surface area contributed by atoms with Crippen molar-refractivity contribution in [1.29, 1.82) is 0 Å². The molecule has 0 N–H and O–H groups in total. The Morgan fingerprint density at radius 3 is 1.31 bits per heavy atom. The minimum atomic E-state index is -1.68. The summed E-state index contributed by atoms with van der Waals surface area (Å²) in [6.07, 6.45) is 0.125. The second-order valence-corrected chi connectivity index (χ2v) is 8.30. The van der Waals surface area contributed by atoms with Crippen LogP contribution in [0, 0.1) is 5.41 Å². The van der Waals surface area contributed by atoms with E-state index in [9.17, 15) is 9.59 Å². The zero-order valence-electron chi connectivity index (χ0n) is 15.1. The summed E-state index contributed by atoms with van der Waals surface area (Å²) >= 11 is 36.2. The van der Waals surface area contributed by atoms with Gasteiger partial charge in [0.25, 0.3) is 0 Å². The van der Waals surface area contributed by atoms with Crippen molar-refractivity contribution in [3.05, 3.63) is 54.4 Å². The summed E-state index contributed by atoms with van der Waals surface area (Å²) in [6, 6.07) is 5.74. The molecule has 0 heterocycles. The number of carbonyl (C=O) groups is 2. The highest BCUT2D eigenvalue weighted by atomic mass is 35.5. The molecule has 0 unspecified atom stereocenters. The Hall–Kier alpha value is -0.880. The molecule has 0 radical (unpaired) electrons. The smallest absolute Gasteiger partial charge is 0.328 e. The first-order chi connectivity index (χ1) is 13.6. The van der Waals surface area contributed by atoms with Gasteiger partial charge in [-0.05, 0) is 37.1 Å². The van der Waals surface area contributed by atoms with Gasteiger partial charge in [-0.1, -0.05) is 83.5 Å². The van der Waals surface area contributed by atoms with Crippen molar-refractivity contribution in [3.8, 4) is 11.5 Å². The Balaban J connectivity index is 2.41. The van der Waals surface area contributed by atoms with Gasteiger partial charge in [0, 0.05) is 0 Å². The molecule has 0 aliphatic heterocycles. The third-order valence-corrected chi connectivity index (χ3v) is 6.55. The van der Waals surface area contributed by atoms with Crippen molar-refractivity contribution >= 4 is 81.5 Å². The lowest BCUT2D eigenvalue weighted by atomic mass is 9.82. The van der Waals surface area contributed by atoms with E-state index in [1.807, 2.05) is 0 Å². The van der Waals surface area contributed by atoms with Crippen LogP contribution in [0.3, 0.4) is 0 Å². The lowest BCUT2D eigenvalue weighted by Crippen LogP contribution is -2.44. The topological polar surface area (TPSA) is 52.6 Å². The number of hydrogen-bond acceptors (Lipinski definition) is 4. The quantitative estimate of drug-likeness (QED) is 0.169. The van der Waals surface area contributed by atoms with Crippen molar-refractivity contribution in [3.63, 3.8) is 0 Å². The van der Waals surface area contributed by atoms with Gasteiger partial charge in [0.2, 0.25) is 0 Å². The molecule has 0 spiro atoms. The van der Waals surface area contributed by atoms with E-state index in [2.05, 4.69) is 0 Å². The predicted molar refractivity (Wildman–Crippen MR) is 117 cm³/mol. The van der Waals surface area contributed by atoms with Crippen LogP contribution in [-0.2, 0) is 9.59 Å². The molecule has 156 valence electrons. The SMILES string of the molecule is CCC(CC)(C(=O)Oc1c(Cl)ccc(Cl)c1Cl)C(=O)Oc1c(Cl)ccc(Cl)c1Cl. The Kier molecular flexibility index (Phi) is 8.37. The van der Waals surface area contributed by atoms with E-state index in [4.69, 9.17) is 79.1 Å². The molecule has 0 bridgehead atoms. The summed E-state index contributed by atoms with van der Waals surface area (Å²) in [7, 11) is 0. The van der Waals surface area contributed by atoms with Crippen LogP contribution in [0.15, 0.2) is 24.3 Å². The van der Waals surface area contributed by atoms with Crippen LogP contribution < -0.4 is 9.47 Å². The van der Waals surface area contributed by atoms with Crippen LogP contribution in [0.1, 0.15) is 26.7 Å². The molecule has 2 aromatic rings. The van der Waals surface area contributed by atoms with E-state index < -0.39 is 17.4 Å². The average molecular weight is 519 g/mol. The molecule has 0 aliphatic carbocycles. The highest BCUT2D eigenvalue weighted by molar-refractivity contribution is 6.45. The highest BCUT2D eigenvalue weighted by Gasteiger charge is 2.47. The molecule has 0 saturated heterocycles. The van der Waals surface area contributed by atoms with E-state index in [1.165, 1.54) is 24.3 Å². The molecular formula is C19H14Cl6O4. The largest absolute Gasteiger partial charge is 0.422 e. The lowest BCUT2D eigenvalue weighted by Gasteiger charge is -2.27. The molecule has 4 nitrogen and oxygen atoms in total. The standard InChI is InChI=1S/C19H14Cl6O4/c1-3-19(4-2,17(26)28-15-11(22)7-5-9(20)13(15)24)18(27)29-16-12(23)8-6-10(21)14(16)25/h5-8H,3-4H2,1-2H3. The molecule has 0 amide bonds. The van der Waals surface area contributed by atoms with Crippen LogP contribution in [0.2, 0.25) is 30.1 Å². The van der Waals surface area contributed by atoms with Gasteiger partial charge in [-0.2, -0.15) is 0 Å². The summed E-state index contributed by atoms with van der Waals surface area (Å²) in [5, 5.41) is 0.284. The summed E-state index contributed by atoms with van der Waals surface area (Å²) in [6.45, 7) is 3.27. The highest BCUT2D eigenvalue weighted by Crippen LogP contribution is 2.42. The first-order valence-electron chi connectivity index (χ1n) is 8.30. The first kappa shape index (κ1) is 24.4. The Labute approximate surface area is 197 Å². The van der Waals surface area contributed by atoms with Crippen molar-refractivity contribution < 1.29 is 19.1 Å². The number of hydrogen-bond donors (Lipinski definition) is 0. The third kappa shape index (κ3) is 4.90. The minimum absolute atomic E-state index is 0.0529. The molecular weight excluding hydrogens is 505 g/mol. The van der Waals surface area contributed by atoms with Gasteiger partial charge in [-0.15, -0.1) is 0 Å². The zero-order chi connectivity index (χ0) is 21.9. The minimum Gasteiger partial charge on any atom is -0.422 e. The van der Waals surface area contributed by atoms with Gasteiger partial charge in [-0.25, -0.2) is 0 Å². The van der Waals surface area contributed by atoms with E-state index in [0.29, 0.717) is 0 Å². The van der Waals surface area contributed by atoms with Crippen molar-refractivity contribution in [2.24, 2.45) is 5.41 Å². The molecule has 0 atom stereocenters. The molecule has 0 aliphatic rings. The fourth-order valence-corrected chi connectivity index (χ4v) is 3.69. The normalized spacial score (nSPS) is 11.3. The first-order valence-corrected chi connectivity index (χ1v) is 10.6. The van der Waals surface area contributed by atoms with Gasteiger partial charge in [0.15, 0.2) is 16.9 Å². The number of benzene rings is 2. The molecule has 2 aromatic carbocycles. The Morgan fingerprint density at radius 1 is 0.690 bits per heavy atom. The van der Waals surface area contributed by atoms with Crippen LogP contribution in [0.5, 0.6) is 11.5 Å². The monoisotopic (exact) mass is 516 g/mol. The van der Waals surface area contributed by atoms with Crippen LogP contribution >= 0.6 is 69.6 Å². The molecule has 0 saturated carbocycles. The zero-order valence-corrected chi connectivity index (χ0v) is 19.7. The number of esters is 2. The maximum absolute atomic E-state index is 13.0. The molecule has 2 rings (SSSR count). The number of ether oxygens (including phenoxy) is 2. The molecule has 0 aromatic heterocycles. The average Bonchev–Trinajstić information content (AvgIpc) is 2.69. The summed E-state index contributed by atoms with van der Waals surface area (Å²) in [5.41, 5.74) is -1.68. The van der Waals surface area contributed by atoms with Crippen molar-refractivity contribution in [2.75, 3.05) is 0 Å². The van der Waals surface area contributed by atoms with Gasteiger partial charge >= 0.3 is 11.9 Å². The molecule has 10 heteroatoms. The van der Waals surface area contributed by atoms with E-state index in [0.717, 1.165) is 0 Å². The third-order valence-electron chi connectivity index (χ3n) is 4.38. The van der Waals surface area contributed by atoms with E-state index >= 15 is 0 Å². The van der Waals surface area contributed by atoms with Gasteiger partial charge in [-0.3, -0.25) is 9.59 Å². The summed E-state index contributed by atoms with van der Waals surface area (Å²) < 4.78 is 10.7. The Bertz CT molecular complexity index is 883. The Morgan fingerprint density at radius 2 is 1.00 bits per heavy atom. The van der Waals surface area contributed by atoms with Crippen LogP contribution in [0.25, 0.3) is 0 Å². The van der Waals surface area contributed by atoms with Gasteiger partial charge in [0.1, 0.15) is 10.0 Å². The predicted octanol–water partition coefficient (Wildman–Crippen LogP) is 7.92. The fraction of sp³-hybridized carbons (Fsp3) is 0.263. The fourth-order valence-electron chi connectivity index (χ4n) is 2.50. The number of halogens is 6. The second kappa shape index (κ2) is 9.95. The van der Waals surface area contributed by atoms with E-state index in [-0.39, 0.29) is 54.5 Å². The lowest BCUT2D eigenvalue weighted by molar-refractivity contribution is -0.161. The van der Waals surface area contributed by atoms with Crippen molar-refractivity contribution in [2.45, 2.75) is 26.7 Å². The van der Waals surface area contributed by atoms with Crippen LogP contribution in [-0.4, -0.2) is 11.9 Å².